The quantitative estimate of drug-likeness (QED) is 0.664. The van der Waals surface area contributed by atoms with Crippen LogP contribution in [0.1, 0.15) is 24.4 Å². The van der Waals surface area contributed by atoms with E-state index in [0.717, 1.165) is 26.1 Å². The van der Waals surface area contributed by atoms with Gasteiger partial charge in [-0.25, -0.2) is 0 Å². The Hall–Kier alpha value is -1.26. The van der Waals surface area contributed by atoms with Crippen molar-refractivity contribution in [2.45, 2.75) is 18.9 Å². The van der Waals surface area contributed by atoms with Gasteiger partial charge in [-0.15, -0.1) is 0 Å². The Bertz CT molecular complexity index is 361. The summed E-state index contributed by atoms with van der Waals surface area (Å²) in [4.78, 5) is 0. The summed E-state index contributed by atoms with van der Waals surface area (Å²) < 4.78 is 5.27. The van der Waals surface area contributed by atoms with Crippen LogP contribution in [-0.4, -0.2) is 23.4 Å². The molecule has 88 valence electrons. The summed E-state index contributed by atoms with van der Waals surface area (Å²) in [6.45, 7) is 1.44. The highest BCUT2D eigenvalue weighted by Crippen LogP contribution is 2.34. The standard InChI is InChI=1S/C12H17NO3/c13-12(8-3-5-16-6-4-8)10-7-9(14)1-2-11(10)15/h1-2,7-8,12,14-15H,3-6,13H2/t12-/m1/s1. The van der Waals surface area contributed by atoms with Crippen LogP contribution >= 0.6 is 0 Å². The van der Waals surface area contributed by atoms with Crippen LogP contribution in [-0.2, 0) is 4.74 Å². The highest BCUT2D eigenvalue weighted by atomic mass is 16.5. The number of hydrogen-bond donors (Lipinski definition) is 3. The van der Waals surface area contributed by atoms with Crippen LogP contribution in [0.25, 0.3) is 0 Å². The zero-order valence-electron chi connectivity index (χ0n) is 9.10. The molecule has 0 radical (unpaired) electrons. The van der Waals surface area contributed by atoms with Crippen molar-refractivity contribution in [3.8, 4) is 11.5 Å². The van der Waals surface area contributed by atoms with Crippen LogP contribution in [0.2, 0.25) is 0 Å². The normalized spacial score (nSPS) is 19.6. The third kappa shape index (κ3) is 2.28. The minimum Gasteiger partial charge on any atom is -0.508 e. The second-order valence-corrected chi connectivity index (χ2v) is 4.22. The fraction of sp³-hybridized carbons (Fsp3) is 0.500. The van der Waals surface area contributed by atoms with Crippen LogP contribution in [0.15, 0.2) is 18.2 Å². The molecule has 0 spiro atoms. The topological polar surface area (TPSA) is 75.7 Å². The Labute approximate surface area is 94.7 Å². The van der Waals surface area contributed by atoms with Gasteiger partial charge in [-0.1, -0.05) is 0 Å². The molecule has 1 aliphatic heterocycles. The van der Waals surface area contributed by atoms with Crippen molar-refractivity contribution in [3.05, 3.63) is 23.8 Å². The molecule has 1 aromatic rings. The first-order valence-corrected chi connectivity index (χ1v) is 5.53. The van der Waals surface area contributed by atoms with Crippen LogP contribution in [0, 0.1) is 5.92 Å². The van der Waals surface area contributed by atoms with E-state index in [1.807, 2.05) is 0 Å². The van der Waals surface area contributed by atoms with Gasteiger partial charge in [0.2, 0.25) is 0 Å². The monoisotopic (exact) mass is 223 g/mol. The number of benzene rings is 1. The van der Waals surface area contributed by atoms with E-state index < -0.39 is 0 Å². The van der Waals surface area contributed by atoms with Crippen molar-refractivity contribution in [1.82, 2.24) is 0 Å². The van der Waals surface area contributed by atoms with E-state index in [2.05, 4.69) is 0 Å². The van der Waals surface area contributed by atoms with E-state index in [4.69, 9.17) is 10.5 Å². The Balaban J connectivity index is 2.18. The first kappa shape index (κ1) is 11.2. The van der Waals surface area contributed by atoms with Gasteiger partial charge in [0.15, 0.2) is 0 Å². The lowest BCUT2D eigenvalue weighted by atomic mass is 9.87. The van der Waals surface area contributed by atoms with Crippen LogP contribution in [0.5, 0.6) is 11.5 Å². The van der Waals surface area contributed by atoms with Crippen LogP contribution in [0.4, 0.5) is 0 Å². The summed E-state index contributed by atoms with van der Waals surface area (Å²) in [5.41, 5.74) is 6.73. The maximum Gasteiger partial charge on any atom is 0.120 e. The second-order valence-electron chi connectivity index (χ2n) is 4.22. The minimum absolute atomic E-state index is 0.135. The zero-order valence-corrected chi connectivity index (χ0v) is 9.10. The Morgan fingerprint density at radius 2 is 1.94 bits per heavy atom. The third-order valence-corrected chi connectivity index (χ3v) is 3.14. The molecule has 1 atom stereocenters. The van der Waals surface area contributed by atoms with Crippen molar-refractivity contribution in [3.63, 3.8) is 0 Å². The van der Waals surface area contributed by atoms with E-state index >= 15 is 0 Å². The van der Waals surface area contributed by atoms with Gasteiger partial charge >= 0.3 is 0 Å². The van der Waals surface area contributed by atoms with Crippen molar-refractivity contribution >= 4 is 0 Å². The molecule has 16 heavy (non-hydrogen) atoms. The molecule has 1 aromatic carbocycles. The van der Waals surface area contributed by atoms with Gasteiger partial charge in [-0.2, -0.15) is 0 Å². The fourth-order valence-electron chi connectivity index (χ4n) is 2.14. The lowest BCUT2D eigenvalue weighted by Gasteiger charge is -2.28. The summed E-state index contributed by atoms with van der Waals surface area (Å²) in [6.07, 6.45) is 1.80. The molecular weight excluding hydrogens is 206 g/mol. The van der Waals surface area contributed by atoms with E-state index in [1.165, 1.54) is 18.2 Å². The third-order valence-electron chi connectivity index (χ3n) is 3.14. The largest absolute Gasteiger partial charge is 0.508 e. The molecule has 0 aliphatic carbocycles. The number of hydrogen-bond acceptors (Lipinski definition) is 4. The predicted molar refractivity (Wildman–Crippen MR) is 60.2 cm³/mol. The summed E-state index contributed by atoms with van der Waals surface area (Å²) in [6, 6.07) is 4.23. The van der Waals surface area contributed by atoms with E-state index in [-0.39, 0.29) is 17.5 Å². The Morgan fingerprint density at radius 1 is 1.25 bits per heavy atom. The lowest BCUT2D eigenvalue weighted by molar-refractivity contribution is 0.0581. The number of phenolic OH excluding ortho intramolecular Hbond substituents is 2. The van der Waals surface area contributed by atoms with Gasteiger partial charge < -0.3 is 20.7 Å². The molecule has 0 saturated carbocycles. The first-order chi connectivity index (χ1) is 7.68. The molecule has 0 bridgehead atoms. The van der Waals surface area contributed by atoms with Crippen molar-refractivity contribution in [2.75, 3.05) is 13.2 Å². The maximum absolute atomic E-state index is 9.71. The van der Waals surface area contributed by atoms with Crippen molar-refractivity contribution < 1.29 is 14.9 Å². The van der Waals surface area contributed by atoms with Crippen LogP contribution < -0.4 is 5.73 Å². The summed E-state index contributed by atoms with van der Waals surface area (Å²) in [5.74, 6) is 0.591. The SMILES string of the molecule is N[C@@H](c1cc(O)ccc1O)C1CCOCC1. The van der Waals surface area contributed by atoms with E-state index in [9.17, 15) is 10.2 Å². The number of ether oxygens (including phenoxy) is 1. The second kappa shape index (κ2) is 4.72. The van der Waals surface area contributed by atoms with Gasteiger partial charge in [-0.05, 0) is 37.0 Å². The fourth-order valence-corrected chi connectivity index (χ4v) is 2.14. The van der Waals surface area contributed by atoms with Gasteiger partial charge in [0, 0.05) is 24.8 Å². The zero-order chi connectivity index (χ0) is 11.5. The average Bonchev–Trinajstić information content (AvgIpc) is 2.32. The Morgan fingerprint density at radius 3 is 2.62 bits per heavy atom. The number of nitrogens with two attached hydrogens (primary N) is 1. The predicted octanol–water partition coefficient (Wildman–Crippen LogP) is 1.52. The first-order valence-electron chi connectivity index (χ1n) is 5.53. The van der Waals surface area contributed by atoms with E-state index in [0.29, 0.717) is 11.5 Å². The van der Waals surface area contributed by atoms with Gasteiger partial charge in [-0.3, -0.25) is 0 Å². The maximum atomic E-state index is 9.71. The minimum atomic E-state index is -0.240. The number of aromatic hydroxyl groups is 2. The highest BCUT2D eigenvalue weighted by molar-refractivity contribution is 5.40. The lowest BCUT2D eigenvalue weighted by Crippen LogP contribution is -2.27. The number of phenols is 2. The van der Waals surface area contributed by atoms with Crippen molar-refractivity contribution in [2.24, 2.45) is 11.7 Å². The molecule has 4 heteroatoms. The molecule has 4 N–H and O–H groups in total. The molecule has 0 amide bonds. The molecule has 1 heterocycles. The van der Waals surface area contributed by atoms with Crippen molar-refractivity contribution in [1.29, 1.82) is 0 Å². The molecule has 0 unspecified atom stereocenters. The molecule has 1 saturated heterocycles. The average molecular weight is 223 g/mol. The van der Waals surface area contributed by atoms with Crippen LogP contribution in [0.3, 0.4) is 0 Å². The van der Waals surface area contributed by atoms with Gasteiger partial charge in [0.25, 0.3) is 0 Å². The number of rotatable bonds is 2. The molecule has 2 rings (SSSR count). The molecule has 4 nitrogen and oxygen atoms in total. The van der Waals surface area contributed by atoms with Gasteiger partial charge in [0.05, 0.1) is 0 Å². The summed E-state index contributed by atoms with van der Waals surface area (Å²) in [5, 5.41) is 19.1. The molecular formula is C12H17NO3. The highest BCUT2D eigenvalue weighted by Gasteiger charge is 2.24. The molecule has 0 aromatic heterocycles. The summed E-state index contributed by atoms with van der Waals surface area (Å²) in [7, 11) is 0. The molecule has 1 fully saturated rings. The smallest absolute Gasteiger partial charge is 0.120 e. The molecule has 1 aliphatic rings. The Kier molecular flexibility index (Phi) is 3.31. The van der Waals surface area contributed by atoms with E-state index in [1.54, 1.807) is 0 Å². The van der Waals surface area contributed by atoms with Gasteiger partial charge in [0.1, 0.15) is 11.5 Å². The summed E-state index contributed by atoms with van der Waals surface area (Å²) >= 11 is 0.